The topological polar surface area (TPSA) is 83.1 Å². The van der Waals surface area contributed by atoms with E-state index in [2.05, 4.69) is 20.9 Å². The zero-order chi connectivity index (χ0) is 19.2. The Morgan fingerprint density at radius 1 is 0.852 bits per heavy atom. The molecule has 0 aliphatic heterocycles. The largest absolute Gasteiger partial charge is 0.354 e. The Kier molecular flexibility index (Phi) is 5.68. The third-order valence-corrected chi connectivity index (χ3v) is 3.81. The van der Waals surface area contributed by atoms with Crippen LogP contribution in [0.2, 0.25) is 5.02 Å². The summed E-state index contributed by atoms with van der Waals surface area (Å²) in [6, 6.07) is 17.6. The summed E-state index contributed by atoms with van der Waals surface area (Å²) in [4.78, 5) is 27.5. The van der Waals surface area contributed by atoms with Crippen molar-refractivity contribution >= 4 is 46.2 Å². The number of amides is 2. The van der Waals surface area contributed by atoms with Crippen LogP contribution >= 0.6 is 11.6 Å². The minimum absolute atomic E-state index is 0.151. The van der Waals surface area contributed by atoms with Crippen molar-refractivity contribution in [3.05, 3.63) is 77.6 Å². The van der Waals surface area contributed by atoms with Crippen LogP contribution in [0.25, 0.3) is 0 Å². The third kappa shape index (κ3) is 5.29. The van der Waals surface area contributed by atoms with Gasteiger partial charge >= 0.3 is 0 Å². The second-order valence-electron chi connectivity index (χ2n) is 5.78. The van der Waals surface area contributed by atoms with Crippen molar-refractivity contribution < 1.29 is 9.59 Å². The second kappa shape index (κ2) is 8.33. The highest BCUT2D eigenvalue weighted by molar-refractivity contribution is 6.30. The van der Waals surface area contributed by atoms with E-state index in [1.165, 1.54) is 6.92 Å². The monoisotopic (exact) mass is 380 g/mol. The predicted octanol–water partition coefficient (Wildman–Crippen LogP) is 4.69. The van der Waals surface area contributed by atoms with E-state index in [4.69, 9.17) is 11.6 Å². The number of hydrogen-bond donors (Lipinski definition) is 3. The summed E-state index contributed by atoms with van der Waals surface area (Å²) in [5.41, 5.74) is 3.14. The van der Waals surface area contributed by atoms with Crippen LogP contribution < -0.4 is 16.0 Å². The standard InChI is InChI=1S/C20H17ClN4O2/c1-13(26)23-15-5-7-16(8-6-15)25-20(27)19-10-9-18(12-22-19)24-17-4-2-3-14(21)11-17/h2-12,24H,1H3,(H,23,26)(H,25,27). The van der Waals surface area contributed by atoms with E-state index >= 15 is 0 Å². The number of hydrogen-bond acceptors (Lipinski definition) is 4. The van der Waals surface area contributed by atoms with E-state index in [1.54, 1.807) is 54.7 Å². The van der Waals surface area contributed by atoms with Crippen LogP contribution in [-0.4, -0.2) is 16.8 Å². The molecule has 0 spiro atoms. The van der Waals surface area contributed by atoms with Gasteiger partial charge in [-0.3, -0.25) is 9.59 Å². The van der Waals surface area contributed by atoms with Gasteiger partial charge in [-0.25, -0.2) is 4.98 Å². The maximum Gasteiger partial charge on any atom is 0.274 e. The van der Waals surface area contributed by atoms with Crippen molar-refractivity contribution in [3.63, 3.8) is 0 Å². The fraction of sp³-hybridized carbons (Fsp3) is 0.0500. The maximum atomic E-state index is 12.3. The second-order valence-corrected chi connectivity index (χ2v) is 6.22. The number of nitrogens with zero attached hydrogens (tertiary/aromatic N) is 1. The summed E-state index contributed by atoms with van der Waals surface area (Å²) in [5, 5.41) is 9.23. The zero-order valence-electron chi connectivity index (χ0n) is 14.5. The van der Waals surface area contributed by atoms with Gasteiger partial charge < -0.3 is 16.0 Å². The summed E-state index contributed by atoms with van der Waals surface area (Å²) in [6.45, 7) is 1.44. The van der Waals surface area contributed by atoms with Crippen molar-refractivity contribution in [3.8, 4) is 0 Å². The molecule has 2 aromatic carbocycles. The van der Waals surface area contributed by atoms with E-state index in [1.807, 2.05) is 12.1 Å². The first-order valence-electron chi connectivity index (χ1n) is 8.17. The number of rotatable bonds is 5. The molecule has 0 radical (unpaired) electrons. The molecule has 27 heavy (non-hydrogen) atoms. The molecular weight excluding hydrogens is 364 g/mol. The molecule has 1 heterocycles. The molecule has 1 aromatic heterocycles. The lowest BCUT2D eigenvalue weighted by Crippen LogP contribution is -2.13. The first kappa shape index (κ1) is 18.4. The lowest BCUT2D eigenvalue weighted by atomic mass is 10.2. The van der Waals surface area contributed by atoms with Crippen molar-refractivity contribution in [1.82, 2.24) is 4.98 Å². The smallest absolute Gasteiger partial charge is 0.274 e. The van der Waals surface area contributed by atoms with Crippen LogP contribution in [0.5, 0.6) is 0 Å². The van der Waals surface area contributed by atoms with E-state index in [9.17, 15) is 9.59 Å². The first-order valence-corrected chi connectivity index (χ1v) is 8.55. The number of halogens is 1. The predicted molar refractivity (Wildman–Crippen MR) is 108 cm³/mol. The summed E-state index contributed by atoms with van der Waals surface area (Å²) in [6.07, 6.45) is 1.58. The maximum absolute atomic E-state index is 12.3. The molecule has 3 aromatic rings. The summed E-state index contributed by atoms with van der Waals surface area (Å²) in [7, 11) is 0. The van der Waals surface area contributed by atoms with Crippen molar-refractivity contribution in [2.45, 2.75) is 6.92 Å². The molecule has 3 N–H and O–H groups in total. The average molecular weight is 381 g/mol. The normalized spacial score (nSPS) is 10.1. The van der Waals surface area contributed by atoms with Gasteiger partial charge in [0.1, 0.15) is 5.69 Å². The number of nitrogens with one attached hydrogen (secondary N) is 3. The van der Waals surface area contributed by atoms with Crippen LogP contribution in [0.1, 0.15) is 17.4 Å². The molecule has 2 amide bonds. The molecule has 136 valence electrons. The summed E-state index contributed by atoms with van der Waals surface area (Å²) < 4.78 is 0. The first-order chi connectivity index (χ1) is 13.0. The Hall–Kier alpha value is -3.38. The molecule has 3 rings (SSSR count). The fourth-order valence-corrected chi connectivity index (χ4v) is 2.56. The molecule has 0 fully saturated rings. The Balaban J connectivity index is 1.62. The van der Waals surface area contributed by atoms with Gasteiger partial charge in [0.05, 0.1) is 11.9 Å². The lowest BCUT2D eigenvalue weighted by Gasteiger charge is -2.08. The molecule has 7 heteroatoms. The van der Waals surface area contributed by atoms with Gasteiger partial charge in [-0.1, -0.05) is 17.7 Å². The van der Waals surface area contributed by atoms with Crippen molar-refractivity contribution in [1.29, 1.82) is 0 Å². The highest BCUT2D eigenvalue weighted by Crippen LogP contribution is 2.20. The molecule has 6 nitrogen and oxygen atoms in total. The minimum atomic E-state index is -0.323. The van der Waals surface area contributed by atoms with Gasteiger partial charge in [-0.05, 0) is 54.6 Å². The fourth-order valence-electron chi connectivity index (χ4n) is 2.37. The molecule has 0 aliphatic carbocycles. The Morgan fingerprint density at radius 3 is 2.11 bits per heavy atom. The van der Waals surface area contributed by atoms with Crippen LogP contribution in [-0.2, 0) is 4.79 Å². The minimum Gasteiger partial charge on any atom is -0.354 e. The number of benzene rings is 2. The van der Waals surface area contributed by atoms with Crippen molar-refractivity contribution in [2.75, 3.05) is 16.0 Å². The van der Waals surface area contributed by atoms with Gasteiger partial charge in [0.15, 0.2) is 0 Å². The summed E-state index contributed by atoms with van der Waals surface area (Å²) in [5.74, 6) is -0.473. The molecule has 0 aliphatic rings. The van der Waals surface area contributed by atoms with Crippen molar-refractivity contribution in [2.24, 2.45) is 0 Å². The van der Waals surface area contributed by atoms with Gasteiger partial charge in [0.2, 0.25) is 5.91 Å². The molecule has 0 saturated heterocycles. The van der Waals surface area contributed by atoms with Gasteiger partial charge in [0.25, 0.3) is 5.91 Å². The van der Waals surface area contributed by atoms with Crippen LogP contribution in [0.4, 0.5) is 22.7 Å². The van der Waals surface area contributed by atoms with Gasteiger partial charge in [0, 0.05) is 29.0 Å². The number of pyridine rings is 1. The third-order valence-electron chi connectivity index (χ3n) is 3.57. The zero-order valence-corrected chi connectivity index (χ0v) is 15.2. The quantitative estimate of drug-likeness (QED) is 0.599. The van der Waals surface area contributed by atoms with Crippen LogP contribution in [0.15, 0.2) is 66.9 Å². The average Bonchev–Trinajstić information content (AvgIpc) is 2.63. The van der Waals surface area contributed by atoms with E-state index in [-0.39, 0.29) is 17.5 Å². The van der Waals surface area contributed by atoms with Crippen LogP contribution in [0.3, 0.4) is 0 Å². The molecule has 0 unspecified atom stereocenters. The lowest BCUT2D eigenvalue weighted by molar-refractivity contribution is -0.114. The molecule has 0 atom stereocenters. The number of anilines is 4. The molecule has 0 saturated carbocycles. The number of carbonyl (C=O) groups is 2. The van der Waals surface area contributed by atoms with Gasteiger partial charge in [-0.15, -0.1) is 0 Å². The van der Waals surface area contributed by atoms with Crippen LogP contribution in [0, 0.1) is 0 Å². The number of carbonyl (C=O) groups excluding carboxylic acids is 2. The van der Waals surface area contributed by atoms with Gasteiger partial charge in [-0.2, -0.15) is 0 Å². The van der Waals surface area contributed by atoms with E-state index < -0.39 is 0 Å². The Morgan fingerprint density at radius 2 is 1.52 bits per heavy atom. The number of aromatic nitrogens is 1. The highest BCUT2D eigenvalue weighted by atomic mass is 35.5. The van der Waals surface area contributed by atoms with E-state index in [0.29, 0.717) is 16.4 Å². The SMILES string of the molecule is CC(=O)Nc1ccc(NC(=O)c2ccc(Nc3cccc(Cl)c3)cn2)cc1. The Labute approximate surface area is 161 Å². The molecular formula is C20H17ClN4O2. The highest BCUT2D eigenvalue weighted by Gasteiger charge is 2.08. The molecule has 0 bridgehead atoms. The van der Waals surface area contributed by atoms with E-state index in [0.717, 1.165) is 11.4 Å². The Bertz CT molecular complexity index is 956. The summed E-state index contributed by atoms with van der Waals surface area (Å²) >= 11 is 5.96.